The van der Waals surface area contributed by atoms with Crippen LogP contribution in [0, 0.1) is 5.82 Å². The average Bonchev–Trinajstić information content (AvgIpc) is 2.89. The summed E-state index contributed by atoms with van der Waals surface area (Å²) < 4.78 is 13.1. The van der Waals surface area contributed by atoms with Gasteiger partial charge in [0, 0.05) is 24.5 Å². The number of carbonyl (C=O) groups excluding carboxylic acids is 1. The Hall–Kier alpha value is -2.99. The van der Waals surface area contributed by atoms with Gasteiger partial charge in [0.1, 0.15) is 11.2 Å². The van der Waals surface area contributed by atoms with E-state index in [1.54, 1.807) is 35.4 Å². The third kappa shape index (κ3) is 2.68. The molecule has 2 aliphatic rings. The fraction of sp³-hybridized carbons (Fsp3) is 0.200. The number of nitrogens with zero attached hydrogens (tertiary/aromatic N) is 2. The number of hydrogen-bond donors (Lipinski definition) is 2. The molecule has 1 aliphatic heterocycles. The number of halogens is 1. The van der Waals surface area contributed by atoms with Crippen molar-refractivity contribution in [2.45, 2.75) is 13.0 Å². The van der Waals surface area contributed by atoms with E-state index in [-0.39, 0.29) is 29.7 Å². The Balaban J connectivity index is 1.73. The summed E-state index contributed by atoms with van der Waals surface area (Å²) in [5, 5.41) is 21.5. The second kappa shape index (κ2) is 6.38. The molecule has 0 saturated heterocycles. The summed E-state index contributed by atoms with van der Waals surface area (Å²) in [6.07, 6.45) is 1.95. The van der Waals surface area contributed by atoms with Gasteiger partial charge in [-0.2, -0.15) is 0 Å². The van der Waals surface area contributed by atoms with Gasteiger partial charge in [0.25, 0.3) is 5.91 Å². The van der Waals surface area contributed by atoms with E-state index in [2.05, 4.69) is 4.98 Å². The molecule has 4 rings (SSSR count). The standard InChI is InChI=1S/C20H17FN2O3/c21-15-5-3-12(4-6-15)9-23-10-13-8-14(11-24)16-2-1-7-22-18(16)19(25)17(13)20(23)26/h1-7,24-25H,8-11H2. The van der Waals surface area contributed by atoms with Crippen LogP contribution in [0.4, 0.5) is 4.39 Å². The van der Waals surface area contributed by atoms with Crippen LogP contribution in [-0.4, -0.2) is 39.2 Å². The number of amides is 1. The molecule has 0 unspecified atom stereocenters. The zero-order valence-electron chi connectivity index (χ0n) is 13.9. The highest BCUT2D eigenvalue weighted by molar-refractivity contribution is 6.07. The predicted molar refractivity (Wildman–Crippen MR) is 93.5 cm³/mol. The van der Waals surface area contributed by atoms with Crippen molar-refractivity contribution in [1.29, 1.82) is 0 Å². The Morgan fingerprint density at radius 3 is 2.69 bits per heavy atom. The number of hydrogen-bond acceptors (Lipinski definition) is 4. The lowest BCUT2D eigenvalue weighted by Crippen LogP contribution is -2.35. The van der Waals surface area contributed by atoms with E-state index in [4.69, 9.17) is 0 Å². The second-order valence-corrected chi connectivity index (χ2v) is 6.45. The van der Waals surface area contributed by atoms with Crippen molar-refractivity contribution in [3.63, 3.8) is 0 Å². The quantitative estimate of drug-likeness (QED) is 0.856. The molecule has 1 amide bonds. The van der Waals surface area contributed by atoms with Gasteiger partial charge >= 0.3 is 0 Å². The number of fused-ring (bicyclic) bond motifs is 1. The first-order valence-corrected chi connectivity index (χ1v) is 8.32. The molecule has 132 valence electrons. The molecule has 6 heteroatoms. The lowest BCUT2D eigenvalue weighted by atomic mass is 10.0. The Bertz CT molecular complexity index is 1040. The van der Waals surface area contributed by atoms with E-state index in [0.29, 0.717) is 30.1 Å². The zero-order chi connectivity index (χ0) is 18.3. The molecule has 1 aromatic heterocycles. The maximum absolute atomic E-state index is 13.1. The van der Waals surface area contributed by atoms with Crippen LogP contribution in [-0.2, 0) is 11.3 Å². The van der Waals surface area contributed by atoms with E-state index in [0.717, 1.165) is 16.7 Å². The minimum Gasteiger partial charge on any atom is -0.505 e. The summed E-state index contributed by atoms with van der Waals surface area (Å²) in [6.45, 7) is 0.505. The monoisotopic (exact) mass is 352 g/mol. The van der Waals surface area contributed by atoms with Crippen molar-refractivity contribution in [1.82, 2.24) is 9.88 Å². The lowest BCUT2D eigenvalue weighted by molar-refractivity contribution is -0.125. The molecule has 0 saturated carbocycles. The number of aromatic nitrogens is 1. The Labute approximate surface area is 149 Å². The minimum absolute atomic E-state index is 0.148. The summed E-state index contributed by atoms with van der Waals surface area (Å²) >= 11 is 0. The van der Waals surface area contributed by atoms with E-state index in [1.807, 2.05) is 0 Å². The first-order chi connectivity index (χ1) is 12.6. The van der Waals surface area contributed by atoms with Crippen LogP contribution >= 0.6 is 0 Å². The highest BCUT2D eigenvalue weighted by Gasteiger charge is 2.34. The molecule has 0 bridgehead atoms. The summed E-state index contributed by atoms with van der Waals surface area (Å²) in [5.74, 6) is -0.755. The van der Waals surface area contributed by atoms with Gasteiger partial charge in [-0.3, -0.25) is 9.78 Å². The molecule has 1 aromatic carbocycles. The number of aliphatic hydroxyl groups excluding tert-OH is 2. The van der Waals surface area contributed by atoms with Gasteiger partial charge in [0.15, 0.2) is 5.76 Å². The molecule has 2 heterocycles. The molecule has 0 atom stereocenters. The Morgan fingerprint density at radius 1 is 1.19 bits per heavy atom. The molecule has 26 heavy (non-hydrogen) atoms. The van der Waals surface area contributed by atoms with Crippen molar-refractivity contribution >= 4 is 17.2 Å². The van der Waals surface area contributed by atoms with Gasteiger partial charge in [-0.15, -0.1) is 0 Å². The highest BCUT2D eigenvalue weighted by Crippen LogP contribution is 2.30. The maximum atomic E-state index is 13.1. The molecular weight excluding hydrogens is 335 g/mol. The maximum Gasteiger partial charge on any atom is 0.258 e. The zero-order valence-corrected chi connectivity index (χ0v) is 13.9. The lowest BCUT2D eigenvalue weighted by Gasteiger charge is -2.17. The third-order valence-electron chi connectivity index (χ3n) is 4.79. The summed E-state index contributed by atoms with van der Waals surface area (Å²) in [5.41, 5.74) is 2.55. The minimum atomic E-state index is -0.328. The molecule has 0 spiro atoms. The summed E-state index contributed by atoms with van der Waals surface area (Å²) in [7, 11) is 0. The van der Waals surface area contributed by atoms with Gasteiger partial charge in [-0.05, 0) is 41.3 Å². The molecule has 2 N–H and O–H groups in total. The van der Waals surface area contributed by atoms with E-state index in [1.165, 1.54) is 12.1 Å². The molecule has 0 radical (unpaired) electrons. The van der Waals surface area contributed by atoms with Gasteiger partial charge in [0.05, 0.1) is 12.2 Å². The highest BCUT2D eigenvalue weighted by atomic mass is 19.1. The van der Waals surface area contributed by atoms with Gasteiger partial charge in [-0.1, -0.05) is 18.2 Å². The third-order valence-corrected chi connectivity index (χ3v) is 4.79. The smallest absolute Gasteiger partial charge is 0.258 e. The van der Waals surface area contributed by atoms with E-state index >= 15 is 0 Å². The number of benzene rings is 1. The van der Waals surface area contributed by atoms with Gasteiger partial charge in [0.2, 0.25) is 0 Å². The van der Waals surface area contributed by atoms with Crippen molar-refractivity contribution in [2.24, 2.45) is 0 Å². The van der Waals surface area contributed by atoms with E-state index in [9.17, 15) is 19.4 Å². The second-order valence-electron chi connectivity index (χ2n) is 6.45. The van der Waals surface area contributed by atoms with E-state index < -0.39 is 0 Å². The fourth-order valence-corrected chi connectivity index (χ4v) is 3.53. The van der Waals surface area contributed by atoms with Crippen molar-refractivity contribution in [2.75, 3.05) is 13.2 Å². The van der Waals surface area contributed by atoms with Crippen LogP contribution in [0.15, 0.2) is 53.7 Å². The number of pyridine rings is 1. The van der Waals surface area contributed by atoms with Crippen LogP contribution in [0.2, 0.25) is 0 Å². The van der Waals surface area contributed by atoms with Gasteiger partial charge < -0.3 is 15.1 Å². The van der Waals surface area contributed by atoms with Gasteiger partial charge in [-0.25, -0.2) is 4.39 Å². The molecule has 5 nitrogen and oxygen atoms in total. The first kappa shape index (κ1) is 16.5. The van der Waals surface area contributed by atoms with Crippen molar-refractivity contribution < 1.29 is 19.4 Å². The number of carbonyl (C=O) groups is 1. The molecular formula is C20H17FN2O3. The van der Waals surface area contributed by atoms with Crippen LogP contribution in [0.25, 0.3) is 11.3 Å². The molecule has 0 fully saturated rings. The Kier molecular flexibility index (Phi) is 4.05. The van der Waals surface area contributed by atoms with Crippen LogP contribution < -0.4 is 10.6 Å². The number of rotatable bonds is 3. The van der Waals surface area contributed by atoms with Crippen LogP contribution in [0.3, 0.4) is 0 Å². The summed E-state index contributed by atoms with van der Waals surface area (Å²) in [4.78, 5) is 18.7. The van der Waals surface area contributed by atoms with Crippen LogP contribution in [0.1, 0.15) is 12.0 Å². The largest absolute Gasteiger partial charge is 0.505 e. The molecule has 2 aromatic rings. The molecule has 1 aliphatic carbocycles. The average molecular weight is 352 g/mol. The van der Waals surface area contributed by atoms with Crippen molar-refractivity contribution in [3.8, 4) is 0 Å². The topological polar surface area (TPSA) is 73.7 Å². The predicted octanol–water partition coefficient (Wildman–Crippen LogP) is 0.773. The van der Waals surface area contributed by atoms with Crippen LogP contribution in [0.5, 0.6) is 0 Å². The SMILES string of the molecule is O=C1C2=C(CC(CO)=c3cccnc3=C2O)CN1Cc1ccc(F)cc1. The summed E-state index contributed by atoms with van der Waals surface area (Å²) in [6, 6.07) is 9.51. The fourth-order valence-electron chi connectivity index (χ4n) is 3.53. The normalized spacial score (nSPS) is 16.7. The van der Waals surface area contributed by atoms with Crippen molar-refractivity contribution in [3.05, 3.63) is 75.7 Å². The number of aliphatic hydroxyl groups is 2. The first-order valence-electron chi connectivity index (χ1n) is 8.32. The Morgan fingerprint density at radius 2 is 1.96 bits per heavy atom.